The van der Waals surface area contributed by atoms with Gasteiger partial charge in [0, 0.05) is 30.6 Å². The van der Waals surface area contributed by atoms with Crippen LogP contribution in [0.5, 0.6) is 0 Å². The van der Waals surface area contributed by atoms with Crippen molar-refractivity contribution in [2.24, 2.45) is 7.05 Å². The van der Waals surface area contributed by atoms with Gasteiger partial charge in [-0.1, -0.05) is 0 Å². The van der Waals surface area contributed by atoms with E-state index in [4.69, 9.17) is 4.42 Å². The van der Waals surface area contributed by atoms with Crippen LogP contribution >= 0.6 is 0 Å². The number of aromatic nitrogens is 3. The second kappa shape index (κ2) is 7.08. The zero-order valence-corrected chi connectivity index (χ0v) is 15.2. The van der Waals surface area contributed by atoms with Crippen LogP contribution in [0.2, 0.25) is 0 Å². The molecule has 0 saturated heterocycles. The lowest BCUT2D eigenvalue weighted by atomic mass is 10.1. The monoisotopic (exact) mass is 400 g/mol. The molecule has 0 aliphatic heterocycles. The van der Waals surface area contributed by atoms with Crippen molar-refractivity contribution in [1.82, 2.24) is 19.9 Å². The van der Waals surface area contributed by atoms with Crippen LogP contribution in [0, 0.1) is 0 Å². The number of nitrogens with one attached hydrogen (secondary N) is 1. The Labute approximate surface area is 163 Å². The van der Waals surface area contributed by atoms with Crippen molar-refractivity contribution in [3.8, 4) is 11.5 Å². The summed E-state index contributed by atoms with van der Waals surface area (Å²) >= 11 is 0. The molecule has 4 aromatic rings. The predicted molar refractivity (Wildman–Crippen MR) is 98.8 cm³/mol. The third-order valence-corrected chi connectivity index (χ3v) is 4.44. The normalized spacial score (nSPS) is 11.7. The van der Waals surface area contributed by atoms with Gasteiger partial charge in [-0.05, 0) is 42.5 Å². The van der Waals surface area contributed by atoms with Gasteiger partial charge in [-0.3, -0.25) is 4.79 Å². The quantitative estimate of drug-likeness (QED) is 0.558. The van der Waals surface area contributed by atoms with Crippen molar-refractivity contribution in [3.05, 3.63) is 71.8 Å². The third kappa shape index (κ3) is 3.84. The van der Waals surface area contributed by atoms with E-state index in [0.717, 1.165) is 12.1 Å². The van der Waals surface area contributed by atoms with Gasteiger partial charge in [0.15, 0.2) is 5.58 Å². The highest BCUT2D eigenvalue weighted by molar-refractivity contribution is 5.97. The predicted octanol–water partition coefficient (Wildman–Crippen LogP) is 4.18. The van der Waals surface area contributed by atoms with Gasteiger partial charge in [0.25, 0.3) is 5.91 Å². The number of imidazole rings is 1. The van der Waals surface area contributed by atoms with Gasteiger partial charge in [-0.15, -0.1) is 0 Å². The smallest absolute Gasteiger partial charge is 0.416 e. The van der Waals surface area contributed by atoms with E-state index in [-0.39, 0.29) is 18.3 Å². The molecule has 4 rings (SSSR count). The SMILES string of the molecule is Cn1ccnc1CNC(=O)c1ccc2oc(-c3ccc(C(F)(F)F)cc3)nc2c1. The molecule has 2 heterocycles. The minimum Gasteiger partial charge on any atom is -0.436 e. The molecule has 2 aromatic heterocycles. The van der Waals surface area contributed by atoms with Crippen molar-refractivity contribution in [2.75, 3.05) is 0 Å². The molecule has 0 bridgehead atoms. The highest BCUT2D eigenvalue weighted by Crippen LogP contribution is 2.31. The fourth-order valence-electron chi connectivity index (χ4n) is 2.82. The molecule has 0 radical (unpaired) electrons. The minimum absolute atomic E-state index is 0.180. The van der Waals surface area contributed by atoms with E-state index in [0.29, 0.717) is 28.1 Å². The molecule has 2 aromatic carbocycles. The minimum atomic E-state index is -4.41. The number of aryl methyl sites for hydroxylation is 1. The van der Waals surface area contributed by atoms with Crippen molar-refractivity contribution in [2.45, 2.75) is 12.7 Å². The second-order valence-electron chi connectivity index (χ2n) is 6.41. The van der Waals surface area contributed by atoms with Crippen molar-refractivity contribution >= 4 is 17.0 Å². The number of nitrogens with zero attached hydrogens (tertiary/aromatic N) is 3. The Bertz CT molecular complexity index is 1180. The molecule has 1 amide bonds. The van der Waals surface area contributed by atoms with E-state index in [9.17, 15) is 18.0 Å². The van der Waals surface area contributed by atoms with Gasteiger partial charge in [-0.25, -0.2) is 9.97 Å². The lowest BCUT2D eigenvalue weighted by Gasteiger charge is -2.05. The first-order chi connectivity index (χ1) is 13.8. The number of fused-ring (bicyclic) bond motifs is 1. The topological polar surface area (TPSA) is 73.0 Å². The van der Waals surface area contributed by atoms with E-state index in [2.05, 4.69) is 15.3 Å². The molecule has 9 heteroatoms. The molecule has 6 nitrogen and oxygen atoms in total. The summed E-state index contributed by atoms with van der Waals surface area (Å²) in [6.07, 6.45) is -0.978. The van der Waals surface area contributed by atoms with Crippen LogP contribution < -0.4 is 5.32 Å². The van der Waals surface area contributed by atoms with Crippen LogP contribution in [0.1, 0.15) is 21.7 Å². The molecule has 0 fully saturated rings. The number of oxazole rings is 1. The summed E-state index contributed by atoms with van der Waals surface area (Å²) in [5.41, 5.74) is 0.920. The highest BCUT2D eigenvalue weighted by Gasteiger charge is 2.30. The Balaban J connectivity index is 1.54. The fraction of sp³-hybridized carbons (Fsp3) is 0.150. The first-order valence-corrected chi connectivity index (χ1v) is 8.64. The maximum Gasteiger partial charge on any atom is 0.416 e. The molecule has 0 spiro atoms. The van der Waals surface area contributed by atoms with E-state index < -0.39 is 11.7 Å². The van der Waals surface area contributed by atoms with E-state index in [1.807, 2.05) is 7.05 Å². The second-order valence-corrected chi connectivity index (χ2v) is 6.41. The van der Waals surface area contributed by atoms with Gasteiger partial charge in [-0.2, -0.15) is 13.2 Å². The first kappa shape index (κ1) is 18.7. The molecule has 1 N–H and O–H groups in total. The molecule has 148 valence electrons. The molecule has 0 aliphatic rings. The average molecular weight is 400 g/mol. The molecule has 0 atom stereocenters. The standard InChI is InChI=1S/C20H15F3N4O2/c1-27-9-8-24-17(27)11-25-18(28)13-4-7-16-15(10-13)26-19(29-16)12-2-5-14(6-3-12)20(21,22)23/h2-10H,11H2,1H3,(H,25,28). The Morgan fingerprint density at radius 3 is 2.59 bits per heavy atom. The zero-order valence-electron chi connectivity index (χ0n) is 15.2. The Morgan fingerprint density at radius 2 is 1.93 bits per heavy atom. The van der Waals surface area contributed by atoms with E-state index in [1.54, 1.807) is 35.2 Å². The van der Waals surface area contributed by atoms with E-state index in [1.165, 1.54) is 12.1 Å². The van der Waals surface area contributed by atoms with Crippen LogP contribution in [0.25, 0.3) is 22.6 Å². The summed E-state index contributed by atoms with van der Waals surface area (Å²) in [5.74, 6) is 0.596. The lowest BCUT2D eigenvalue weighted by molar-refractivity contribution is -0.137. The van der Waals surface area contributed by atoms with E-state index >= 15 is 0 Å². The van der Waals surface area contributed by atoms with Crippen LogP contribution in [-0.2, 0) is 19.8 Å². The Hall–Kier alpha value is -3.62. The van der Waals surface area contributed by atoms with Gasteiger partial charge >= 0.3 is 6.18 Å². The maximum absolute atomic E-state index is 12.7. The molecule has 29 heavy (non-hydrogen) atoms. The summed E-state index contributed by atoms with van der Waals surface area (Å²) in [6.45, 7) is 0.274. The maximum atomic E-state index is 12.7. The van der Waals surface area contributed by atoms with Crippen molar-refractivity contribution in [3.63, 3.8) is 0 Å². The Morgan fingerprint density at radius 1 is 1.17 bits per heavy atom. The number of amides is 1. The number of rotatable bonds is 4. The summed E-state index contributed by atoms with van der Waals surface area (Å²) in [4.78, 5) is 20.8. The third-order valence-electron chi connectivity index (χ3n) is 4.44. The molecular weight excluding hydrogens is 385 g/mol. The van der Waals surface area contributed by atoms with Gasteiger partial charge in [0.1, 0.15) is 11.3 Å². The Kier molecular flexibility index (Phi) is 4.57. The average Bonchev–Trinajstić information content (AvgIpc) is 3.30. The number of carbonyl (C=O) groups is 1. The highest BCUT2D eigenvalue weighted by atomic mass is 19.4. The van der Waals surface area contributed by atoms with Crippen LogP contribution in [0.4, 0.5) is 13.2 Å². The molecular formula is C20H15F3N4O2. The fourth-order valence-corrected chi connectivity index (χ4v) is 2.82. The number of halogens is 3. The van der Waals surface area contributed by atoms with Crippen molar-refractivity contribution in [1.29, 1.82) is 0 Å². The molecule has 0 saturated carbocycles. The summed E-state index contributed by atoms with van der Waals surface area (Å²) in [7, 11) is 1.83. The first-order valence-electron chi connectivity index (χ1n) is 8.64. The van der Waals surface area contributed by atoms with Gasteiger partial charge < -0.3 is 14.3 Å². The number of carbonyl (C=O) groups excluding carboxylic acids is 1. The largest absolute Gasteiger partial charge is 0.436 e. The van der Waals surface area contributed by atoms with Crippen LogP contribution in [0.15, 0.2) is 59.3 Å². The van der Waals surface area contributed by atoms with Crippen LogP contribution in [-0.4, -0.2) is 20.4 Å². The number of hydrogen-bond donors (Lipinski definition) is 1. The van der Waals surface area contributed by atoms with Crippen molar-refractivity contribution < 1.29 is 22.4 Å². The molecule has 0 aliphatic carbocycles. The summed E-state index contributed by atoms with van der Waals surface area (Å²) < 4.78 is 45.5. The lowest BCUT2D eigenvalue weighted by Crippen LogP contribution is -2.24. The summed E-state index contributed by atoms with van der Waals surface area (Å²) in [5, 5.41) is 2.78. The number of benzene rings is 2. The zero-order chi connectivity index (χ0) is 20.6. The van der Waals surface area contributed by atoms with Crippen LogP contribution in [0.3, 0.4) is 0 Å². The van der Waals surface area contributed by atoms with Gasteiger partial charge in [0.2, 0.25) is 5.89 Å². The van der Waals surface area contributed by atoms with Gasteiger partial charge in [0.05, 0.1) is 12.1 Å². The number of hydrogen-bond acceptors (Lipinski definition) is 4. The summed E-state index contributed by atoms with van der Waals surface area (Å²) in [6, 6.07) is 9.31. The molecule has 0 unspecified atom stereocenters. The number of alkyl halides is 3.